The zero-order valence-electron chi connectivity index (χ0n) is 42.6. The van der Waals surface area contributed by atoms with E-state index in [2.05, 4.69) is 204 Å². The molecule has 3 aliphatic carbocycles. The van der Waals surface area contributed by atoms with E-state index in [4.69, 9.17) is 8.83 Å². The second-order valence-electron chi connectivity index (χ2n) is 25.9. The minimum Gasteiger partial charge on any atom is -0.468 e. The highest BCUT2D eigenvalue weighted by atomic mass is 16.3. The van der Waals surface area contributed by atoms with E-state index in [1.165, 1.54) is 79.0 Å². The molecule has 342 valence electrons. The van der Waals surface area contributed by atoms with Gasteiger partial charge in [0.1, 0.15) is 11.2 Å². The zero-order valence-corrected chi connectivity index (χ0v) is 42.6. The van der Waals surface area contributed by atoms with Crippen molar-refractivity contribution in [3.8, 4) is 0 Å². The SMILES string of the molecule is CC(C)(C)c1ccc2c(c1)B1C3=C(CC(C(C)(C)C)C=C3N(c3ccc4c(c3)C(C)(C)CCC4(C)C)c3c1oc1cc4c(cc31)C(C)(C)CCC4(C)C)N2c1cccc2c1oc1ccccc12. The first-order valence-corrected chi connectivity index (χ1v) is 25.3. The molecule has 0 saturated heterocycles. The second kappa shape index (κ2) is 13.6. The van der Waals surface area contributed by atoms with Crippen LogP contribution in [0.5, 0.6) is 0 Å². The molecule has 0 bridgehead atoms. The minimum atomic E-state index is -0.115. The molecule has 1 atom stereocenters. The number of nitrogens with zero attached hydrogens (tertiary/aromatic N) is 2. The number of rotatable bonds is 2. The van der Waals surface area contributed by atoms with Crippen molar-refractivity contribution in [2.75, 3.05) is 9.80 Å². The van der Waals surface area contributed by atoms with Crippen LogP contribution in [0.4, 0.5) is 22.7 Å². The number of hydrogen-bond acceptors (Lipinski definition) is 4. The lowest BCUT2D eigenvalue weighted by Gasteiger charge is -2.49. The van der Waals surface area contributed by atoms with Gasteiger partial charge in [0, 0.05) is 38.9 Å². The molecule has 0 radical (unpaired) electrons. The summed E-state index contributed by atoms with van der Waals surface area (Å²) in [5.74, 6) is 0.248. The monoisotopic (exact) mass is 885 g/mol. The molecule has 7 aromatic rings. The van der Waals surface area contributed by atoms with Gasteiger partial charge in [-0.2, -0.15) is 0 Å². The van der Waals surface area contributed by atoms with Gasteiger partial charge in [-0.25, -0.2) is 0 Å². The van der Waals surface area contributed by atoms with Gasteiger partial charge < -0.3 is 18.6 Å². The molecule has 5 aliphatic rings. The van der Waals surface area contributed by atoms with Gasteiger partial charge in [-0.05, 0) is 152 Å². The Balaban J connectivity index is 1.23. The summed E-state index contributed by atoms with van der Waals surface area (Å²) in [6.45, 7) is 33.8. The third-order valence-electron chi connectivity index (χ3n) is 17.6. The zero-order chi connectivity index (χ0) is 47.1. The van der Waals surface area contributed by atoms with Crippen molar-refractivity contribution in [1.82, 2.24) is 0 Å². The molecule has 5 heteroatoms. The smallest absolute Gasteiger partial charge is 0.296 e. The van der Waals surface area contributed by atoms with Crippen molar-refractivity contribution >= 4 is 73.5 Å². The first-order chi connectivity index (χ1) is 31.4. The van der Waals surface area contributed by atoms with Crippen molar-refractivity contribution in [2.45, 2.75) is 156 Å². The largest absolute Gasteiger partial charge is 0.468 e. The standard InChI is InChI=1S/C62H69BN2O2/c1-57(2,3)36-22-25-47-46(30-36)63-53-49(31-37(58(4,5)6)32-50(53)65(47)48-20-17-19-40-39-18-15-16-21-51(39)66-55(40)48)64(38-23-24-42-43(33-38)60(9,10)27-26-59(42,7)8)54-41-34-44-45(35-52(41)67-56(54)63)62(13,14)29-28-61(44,11)12/h15-25,30-31,33-35,37H,26-29,32H2,1-14H3. The summed E-state index contributed by atoms with van der Waals surface area (Å²) in [7, 11) is 0. The average molecular weight is 885 g/mol. The fraction of sp³-hybridized carbons (Fsp3) is 0.419. The van der Waals surface area contributed by atoms with Crippen LogP contribution in [0, 0.1) is 11.3 Å². The molecule has 0 amide bonds. The van der Waals surface area contributed by atoms with Crippen molar-refractivity contribution in [3.63, 3.8) is 0 Å². The molecule has 67 heavy (non-hydrogen) atoms. The lowest BCUT2D eigenvalue weighted by atomic mass is 9.33. The predicted octanol–water partition coefficient (Wildman–Crippen LogP) is 16.0. The Morgan fingerprint density at radius 1 is 0.567 bits per heavy atom. The Morgan fingerprint density at radius 3 is 1.90 bits per heavy atom. The van der Waals surface area contributed by atoms with Crippen molar-refractivity contribution in [1.29, 1.82) is 0 Å². The van der Waals surface area contributed by atoms with Crippen LogP contribution in [0.3, 0.4) is 0 Å². The molecule has 4 heterocycles. The van der Waals surface area contributed by atoms with Gasteiger partial charge in [0.25, 0.3) is 6.71 Å². The third kappa shape index (κ3) is 6.17. The molecular formula is C62H69BN2O2. The lowest BCUT2D eigenvalue weighted by Crippen LogP contribution is -2.57. The predicted molar refractivity (Wildman–Crippen MR) is 284 cm³/mol. The van der Waals surface area contributed by atoms with E-state index < -0.39 is 0 Å². The fourth-order valence-electron chi connectivity index (χ4n) is 13.0. The molecule has 0 saturated carbocycles. The van der Waals surface area contributed by atoms with E-state index in [1.54, 1.807) is 0 Å². The maximum Gasteiger partial charge on any atom is 0.296 e. The molecule has 2 aliphatic heterocycles. The van der Waals surface area contributed by atoms with Gasteiger partial charge in [-0.3, -0.25) is 0 Å². The van der Waals surface area contributed by atoms with Gasteiger partial charge >= 0.3 is 0 Å². The topological polar surface area (TPSA) is 32.8 Å². The molecule has 5 aromatic carbocycles. The van der Waals surface area contributed by atoms with Gasteiger partial charge in [0.15, 0.2) is 5.58 Å². The van der Waals surface area contributed by atoms with Gasteiger partial charge in [-0.15, -0.1) is 0 Å². The second-order valence-corrected chi connectivity index (χ2v) is 25.9. The Kier molecular flexibility index (Phi) is 8.73. The van der Waals surface area contributed by atoms with Crippen LogP contribution in [-0.2, 0) is 27.1 Å². The van der Waals surface area contributed by atoms with E-state index in [0.717, 1.165) is 64.6 Å². The highest BCUT2D eigenvalue weighted by Gasteiger charge is 2.52. The average Bonchev–Trinajstić information content (AvgIpc) is 3.84. The lowest BCUT2D eigenvalue weighted by molar-refractivity contribution is 0.286. The van der Waals surface area contributed by atoms with Gasteiger partial charge in [0.2, 0.25) is 0 Å². The number of anilines is 4. The summed E-state index contributed by atoms with van der Waals surface area (Å²) in [4.78, 5) is 5.28. The number of para-hydroxylation sites is 2. The van der Waals surface area contributed by atoms with Crippen LogP contribution in [0.25, 0.3) is 32.9 Å². The summed E-state index contributed by atoms with van der Waals surface area (Å²) >= 11 is 0. The van der Waals surface area contributed by atoms with Crippen molar-refractivity contribution < 1.29 is 8.83 Å². The number of allylic oxidation sites excluding steroid dienone is 3. The van der Waals surface area contributed by atoms with E-state index >= 15 is 0 Å². The van der Waals surface area contributed by atoms with Crippen molar-refractivity contribution in [2.24, 2.45) is 11.3 Å². The summed E-state index contributed by atoms with van der Waals surface area (Å²) in [5, 5.41) is 3.52. The quantitative estimate of drug-likeness (QED) is 0.162. The van der Waals surface area contributed by atoms with Crippen molar-refractivity contribution in [3.05, 3.63) is 142 Å². The maximum absolute atomic E-state index is 7.68. The van der Waals surface area contributed by atoms with E-state index in [-0.39, 0.29) is 45.1 Å². The van der Waals surface area contributed by atoms with Crippen LogP contribution in [0.2, 0.25) is 0 Å². The van der Waals surface area contributed by atoms with Crippen LogP contribution in [-0.4, -0.2) is 6.71 Å². The van der Waals surface area contributed by atoms with Gasteiger partial charge in [0.05, 0.1) is 17.0 Å². The summed E-state index contributed by atoms with van der Waals surface area (Å²) in [6, 6.07) is 35.1. The van der Waals surface area contributed by atoms with Crippen LogP contribution in [0.1, 0.15) is 157 Å². The number of fused-ring (bicyclic) bond motifs is 11. The van der Waals surface area contributed by atoms with Crippen LogP contribution >= 0.6 is 0 Å². The minimum absolute atomic E-state index is 0.0185. The van der Waals surface area contributed by atoms with E-state index in [1.807, 2.05) is 0 Å². The Bertz CT molecular complexity index is 3330. The first kappa shape index (κ1) is 42.9. The fourth-order valence-corrected chi connectivity index (χ4v) is 13.0. The van der Waals surface area contributed by atoms with Gasteiger partial charge in [-0.1, -0.05) is 152 Å². The highest BCUT2D eigenvalue weighted by molar-refractivity contribution is 6.94. The molecule has 0 fully saturated rings. The Morgan fingerprint density at radius 2 is 1.21 bits per heavy atom. The molecule has 4 nitrogen and oxygen atoms in total. The molecule has 0 spiro atoms. The summed E-state index contributed by atoms with van der Waals surface area (Å²) in [6.07, 6.45) is 8.22. The highest BCUT2D eigenvalue weighted by Crippen LogP contribution is 2.57. The van der Waals surface area contributed by atoms with E-state index in [0.29, 0.717) is 0 Å². The number of furan rings is 2. The normalized spacial score (nSPS) is 21.3. The van der Waals surface area contributed by atoms with Crippen LogP contribution < -0.4 is 20.9 Å². The molecular weight excluding hydrogens is 816 g/mol. The summed E-state index contributed by atoms with van der Waals surface area (Å²) in [5.41, 5.74) is 21.2. The molecule has 0 N–H and O–H groups in total. The molecule has 1 unspecified atom stereocenters. The summed E-state index contributed by atoms with van der Waals surface area (Å²) < 4.78 is 14.6. The Hall–Kier alpha value is -5.42. The third-order valence-corrected chi connectivity index (χ3v) is 17.6. The Labute approximate surface area is 399 Å². The maximum atomic E-state index is 7.68. The number of benzene rings is 5. The van der Waals surface area contributed by atoms with Crippen LogP contribution in [0.15, 0.2) is 123 Å². The molecule has 12 rings (SSSR count). The number of hydrogen-bond donors (Lipinski definition) is 0. The first-order valence-electron chi connectivity index (χ1n) is 25.3. The van der Waals surface area contributed by atoms with E-state index in [9.17, 15) is 0 Å². The molecule has 2 aromatic heterocycles.